The second kappa shape index (κ2) is 7.59. The molecule has 0 fully saturated rings. The first kappa shape index (κ1) is 16.0. The first-order valence-corrected chi connectivity index (χ1v) is 8.29. The molecule has 0 spiro atoms. The van der Waals surface area contributed by atoms with Crippen LogP contribution in [0.2, 0.25) is 0 Å². The van der Waals surface area contributed by atoms with Crippen LogP contribution in [0.3, 0.4) is 0 Å². The highest BCUT2D eigenvalue weighted by Crippen LogP contribution is 2.20. The van der Waals surface area contributed by atoms with E-state index in [-0.39, 0.29) is 0 Å². The van der Waals surface area contributed by atoms with Crippen molar-refractivity contribution in [3.8, 4) is 0 Å². The summed E-state index contributed by atoms with van der Waals surface area (Å²) >= 11 is 0. The molecular formula is C20H22N4. The third kappa shape index (κ3) is 3.54. The zero-order chi connectivity index (χ0) is 16.8. The molecule has 3 aromatic rings. The van der Waals surface area contributed by atoms with Crippen molar-refractivity contribution in [2.75, 3.05) is 23.4 Å². The van der Waals surface area contributed by atoms with Crippen LogP contribution in [0.25, 0.3) is 10.9 Å². The molecule has 0 atom stereocenters. The maximum absolute atomic E-state index is 4.41. The summed E-state index contributed by atoms with van der Waals surface area (Å²) in [4.78, 5) is 6.74. The molecule has 0 amide bonds. The highest BCUT2D eigenvalue weighted by molar-refractivity contribution is 5.90. The number of nitrogens with one attached hydrogen (secondary N) is 1. The number of aromatic nitrogens is 1. The van der Waals surface area contributed by atoms with Gasteiger partial charge in [-0.15, -0.1) is 0 Å². The van der Waals surface area contributed by atoms with Crippen molar-refractivity contribution >= 4 is 28.5 Å². The minimum absolute atomic E-state index is 0.907. The van der Waals surface area contributed by atoms with E-state index >= 15 is 0 Å². The molecule has 0 radical (unpaired) electrons. The van der Waals surface area contributed by atoms with Gasteiger partial charge in [0.05, 0.1) is 17.4 Å². The number of benzene rings is 2. The highest BCUT2D eigenvalue weighted by Gasteiger charge is 2.01. The Bertz CT molecular complexity index is 815. The molecule has 24 heavy (non-hydrogen) atoms. The lowest BCUT2D eigenvalue weighted by Crippen LogP contribution is -2.21. The number of fused-ring (bicyclic) bond motifs is 1. The second-order valence-electron chi connectivity index (χ2n) is 5.51. The summed E-state index contributed by atoms with van der Waals surface area (Å²) in [5, 5.41) is 5.45. The number of pyridine rings is 1. The van der Waals surface area contributed by atoms with E-state index in [0.29, 0.717) is 0 Å². The van der Waals surface area contributed by atoms with Crippen LogP contribution < -0.4 is 10.3 Å². The van der Waals surface area contributed by atoms with Crippen LogP contribution in [-0.4, -0.2) is 24.3 Å². The summed E-state index contributed by atoms with van der Waals surface area (Å²) in [5.74, 6) is 0. The fraction of sp³-hybridized carbons (Fsp3) is 0.200. The first-order valence-electron chi connectivity index (χ1n) is 8.29. The normalized spacial score (nSPS) is 11.1. The predicted molar refractivity (Wildman–Crippen MR) is 103 cm³/mol. The standard InChI is InChI=1S/C20H22N4/c1-3-24(4-2)18-12-10-16(11-13-18)15-22-23-19-9-5-7-17-8-6-14-21-20(17)19/h5-15,23H,3-4H2,1-2H3. The molecule has 0 unspecified atom stereocenters. The zero-order valence-corrected chi connectivity index (χ0v) is 14.1. The van der Waals surface area contributed by atoms with Crippen LogP contribution in [-0.2, 0) is 0 Å². The van der Waals surface area contributed by atoms with Gasteiger partial charge in [-0.1, -0.05) is 30.3 Å². The third-order valence-electron chi connectivity index (χ3n) is 4.05. The minimum Gasteiger partial charge on any atom is -0.372 e. The molecule has 1 heterocycles. The van der Waals surface area contributed by atoms with Gasteiger partial charge < -0.3 is 4.90 Å². The Morgan fingerprint density at radius 3 is 2.50 bits per heavy atom. The van der Waals surface area contributed by atoms with Gasteiger partial charge in [-0.3, -0.25) is 10.4 Å². The van der Waals surface area contributed by atoms with E-state index in [2.05, 4.69) is 58.5 Å². The molecule has 2 aromatic carbocycles. The molecule has 0 saturated carbocycles. The lowest BCUT2D eigenvalue weighted by Gasteiger charge is -2.20. The van der Waals surface area contributed by atoms with E-state index in [1.807, 2.05) is 36.5 Å². The zero-order valence-electron chi connectivity index (χ0n) is 14.1. The van der Waals surface area contributed by atoms with Gasteiger partial charge in [0.1, 0.15) is 0 Å². The molecule has 1 N–H and O–H groups in total. The van der Waals surface area contributed by atoms with Crippen LogP contribution in [0.1, 0.15) is 19.4 Å². The van der Waals surface area contributed by atoms with Crippen molar-refractivity contribution in [1.29, 1.82) is 0 Å². The van der Waals surface area contributed by atoms with Crippen molar-refractivity contribution in [2.24, 2.45) is 5.10 Å². The summed E-state index contributed by atoms with van der Waals surface area (Å²) in [6.07, 6.45) is 3.62. The van der Waals surface area contributed by atoms with Crippen LogP contribution >= 0.6 is 0 Å². The fourth-order valence-corrected chi connectivity index (χ4v) is 2.73. The topological polar surface area (TPSA) is 40.5 Å². The minimum atomic E-state index is 0.907. The molecule has 1 aromatic heterocycles. The van der Waals surface area contributed by atoms with Gasteiger partial charge in [0.2, 0.25) is 0 Å². The highest BCUT2D eigenvalue weighted by atomic mass is 15.3. The Hall–Kier alpha value is -2.88. The van der Waals surface area contributed by atoms with Gasteiger partial charge in [0, 0.05) is 30.4 Å². The van der Waals surface area contributed by atoms with E-state index < -0.39 is 0 Å². The largest absolute Gasteiger partial charge is 0.372 e. The number of hydrogen-bond donors (Lipinski definition) is 1. The molecule has 0 saturated heterocycles. The summed E-state index contributed by atoms with van der Waals surface area (Å²) in [7, 11) is 0. The molecule has 0 aliphatic carbocycles. The molecule has 122 valence electrons. The van der Waals surface area contributed by atoms with Gasteiger partial charge in [0.25, 0.3) is 0 Å². The van der Waals surface area contributed by atoms with Gasteiger partial charge in [-0.25, -0.2) is 0 Å². The fourth-order valence-electron chi connectivity index (χ4n) is 2.73. The van der Waals surface area contributed by atoms with Crippen LogP contribution in [0.15, 0.2) is 65.9 Å². The Morgan fingerprint density at radius 2 is 1.75 bits per heavy atom. The van der Waals surface area contributed by atoms with Gasteiger partial charge in [-0.2, -0.15) is 5.10 Å². The van der Waals surface area contributed by atoms with Crippen molar-refractivity contribution in [2.45, 2.75) is 13.8 Å². The van der Waals surface area contributed by atoms with E-state index in [0.717, 1.165) is 35.2 Å². The Balaban J connectivity index is 1.72. The number of para-hydroxylation sites is 1. The number of anilines is 2. The van der Waals surface area contributed by atoms with E-state index in [4.69, 9.17) is 0 Å². The Morgan fingerprint density at radius 1 is 1.00 bits per heavy atom. The average molecular weight is 318 g/mol. The van der Waals surface area contributed by atoms with Crippen LogP contribution in [0.5, 0.6) is 0 Å². The predicted octanol–water partition coefficient (Wildman–Crippen LogP) is 4.53. The number of hydrogen-bond acceptors (Lipinski definition) is 4. The number of hydrazone groups is 1. The van der Waals surface area contributed by atoms with Crippen molar-refractivity contribution in [1.82, 2.24) is 4.98 Å². The lowest BCUT2D eigenvalue weighted by molar-refractivity contribution is 0.866. The SMILES string of the molecule is CCN(CC)c1ccc(C=NNc2cccc3cccnc23)cc1. The monoisotopic (exact) mass is 318 g/mol. The molecular weight excluding hydrogens is 296 g/mol. The van der Waals surface area contributed by atoms with E-state index in [9.17, 15) is 0 Å². The van der Waals surface area contributed by atoms with Crippen molar-refractivity contribution < 1.29 is 0 Å². The van der Waals surface area contributed by atoms with Crippen molar-refractivity contribution in [3.05, 3.63) is 66.4 Å². The molecule has 0 aliphatic rings. The van der Waals surface area contributed by atoms with Crippen molar-refractivity contribution in [3.63, 3.8) is 0 Å². The number of rotatable bonds is 6. The van der Waals surface area contributed by atoms with Gasteiger partial charge >= 0.3 is 0 Å². The third-order valence-corrected chi connectivity index (χ3v) is 4.05. The molecule has 4 nitrogen and oxygen atoms in total. The summed E-state index contributed by atoms with van der Waals surface area (Å²) in [5.41, 5.74) is 7.22. The van der Waals surface area contributed by atoms with E-state index in [1.54, 1.807) is 6.20 Å². The second-order valence-corrected chi connectivity index (χ2v) is 5.51. The summed E-state index contributed by atoms with van der Waals surface area (Å²) in [6.45, 7) is 6.36. The van der Waals surface area contributed by atoms with Gasteiger partial charge in [0.15, 0.2) is 0 Å². The van der Waals surface area contributed by atoms with Crippen LogP contribution in [0.4, 0.5) is 11.4 Å². The Kier molecular flexibility index (Phi) is 5.06. The average Bonchev–Trinajstić information content (AvgIpc) is 2.64. The molecule has 0 bridgehead atoms. The van der Waals surface area contributed by atoms with Gasteiger partial charge in [-0.05, 0) is 43.7 Å². The quantitative estimate of drug-likeness (QED) is 0.536. The molecule has 4 heteroatoms. The Labute approximate surface area is 142 Å². The first-order chi connectivity index (χ1) is 11.8. The summed E-state index contributed by atoms with van der Waals surface area (Å²) < 4.78 is 0. The smallest absolute Gasteiger partial charge is 0.0951 e. The number of nitrogens with zero attached hydrogens (tertiary/aromatic N) is 3. The maximum Gasteiger partial charge on any atom is 0.0951 e. The summed E-state index contributed by atoms with van der Waals surface area (Å²) in [6, 6.07) is 18.4. The van der Waals surface area contributed by atoms with Crippen LogP contribution in [0, 0.1) is 0 Å². The molecule has 3 rings (SSSR count). The lowest BCUT2D eigenvalue weighted by atomic mass is 10.2. The maximum atomic E-state index is 4.41. The van der Waals surface area contributed by atoms with E-state index in [1.165, 1.54) is 5.69 Å². The molecule has 0 aliphatic heterocycles.